The summed E-state index contributed by atoms with van der Waals surface area (Å²) in [5, 5.41) is 14.1. The minimum Gasteiger partial charge on any atom is -0.377 e. The van der Waals surface area contributed by atoms with Gasteiger partial charge in [-0.25, -0.2) is 14.7 Å². The Bertz CT molecular complexity index is 869. The number of hydrogen-bond acceptors (Lipinski definition) is 5. The molecule has 164 valence electrons. The monoisotopic (exact) mass is 527 g/mol. The van der Waals surface area contributed by atoms with Crippen LogP contribution in [0.25, 0.3) is 0 Å². The molecule has 2 heterocycles. The molecule has 3 rings (SSSR count). The summed E-state index contributed by atoms with van der Waals surface area (Å²) in [6.07, 6.45) is 1.83. The van der Waals surface area contributed by atoms with Crippen LogP contribution in [0.1, 0.15) is 37.5 Å². The highest BCUT2D eigenvalue weighted by Crippen LogP contribution is 2.14. The Morgan fingerprint density at radius 3 is 2.97 bits per heavy atom. The number of benzene rings is 1. The van der Waals surface area contributed by atoms with Crippen molar-refractivity contribution in [2.75, 3.05) is 19.0 Å². The average Bonchev–Trinajstić information content (AvgIpc) is 3.08. The van der Waals surface area contributed by atoms with E-state index in [1.807, 2.05) is 35.9 Å². The Hall–Kier alpha value is -2.21. The highest BCUT2D eigenvalue weighted by Gasteiger charge is 2.22. The van der Waals surface area contributed by atoms with E-state index in [-0.39, 0.29) is 35.9 Å². The molecule has 30 heavy (non-hydrogen) atoms. The highest BCUT2D eigenvalue weighted by molar-refractivity contribution is 14.0. The predicted molar refractivity (Wildman–Crippen MR) is 127 cm³/mol. The van der Waals surface area contributed by atoms with Crippen molar-refractivity contribution < 1.29 is 9.53 Å². The number of nitrogens with zero attached hydrogens (tertiary/aromatic N) is 4. The summed E-state index contributed by atoms with van der Waals surface area (Å²) in [5.41, 5.74) is 1.81. The number of aliphatic imine (C=N–C) groups is 1. The minimum atomic E-state index is -0.0842. The SMILES string of the molecule is CCNC(=NCc1cccc(NC(C)=O)c1)NC1CCc2nc(COC)nn2C1.I. The number of guanidine groups is 1. The number of aryl methyl sites for hydroxylation is 1. The molecule has 1 atom stereocenters. The van der Waals surface area contributed by atoms with E-state index in [2.05, 4.69) is 26.0 Å². The van der Waals surface area contributed by atoms with Gasteiger partial charge in [-0.15, -0.1) is 24.0 Å². The molecule has 0 bridgehead atoms. The van der Waals surface area contributed by atoms with Gasteiger partial charge in [0, 0.05) is 38.7 Å². The third-order valence-corrected chi connectivity index (χ3v) is 4.53. The van der Waals surface area contributed by atoms with E-state index >= 15 is 0 Å². The molecule has 2 aromatic rings. The van der Waals surface area contributed by atoms with Gasteiger partial charge in [-0.3, -0.25) is 4.79 Å². The van der Waals surface area contributed by atoms with Crippen LogP contribution in [-0.2, 0) is 35.6 Å². The third kappa shape index (κ3) is 6.94. The first kappa shape index (κ1) is 24.1. The first-order valence-corrected chi connectivity index (χ1v) is 9.90. The average molecular weight is 527 g/mol. The van der Waals surface area contributed by atoms with Gasteiger partial charge >= 0.3 is 0 Å². The fourth-order valence-electron chi connectivity index (χ4n) is 3.30. The number of amides is 1. The summed E-state index contributed by atoms with van der Waals surface area (Å²) in [4.78, 5) is 20.5. The first-order chi connectivity index (χ1) is 14.1. The Balaban J connectivity index is 0.00000320. The molecule has 1 aromatic carbocycles. The quantitative estimate of drug-likeness (QED) is 0.289. The molecule has 9 nitrogen and oxygen atoms in total. The second kappa shape index (κ2) is 11.8. The van der Waals surface area contributed by atoms with Crippen molar-refractivity contribution in [1.29, 1.82) is 0 Å². The normalized spacial score (nSPS) is 15.7. The van der Waals surface area contributed by atoms with Gasteiger partial charge < -0.3 is 20.7 Å². The number of methoxy groups -OCH3 is 1. The number of carbonyl (C=O) groups excluding carboxylic acids is 1. The summed E-state index contributed by atoms with van der Waals surface area (Å²) >= 11 is 0. The summed E-state index contributed by atoms with van der Waals surface area (Å²) in [7, 11) is 1.65. The van der Waals surface area contributed by atoms with E-state index in [0.29, 0.717) is 13.2 Å². The number of hydrogen-bond donors (Lipinski definition) is 3. The number of rotatable bonds is 7. The summed E-state index contributed by atoms with van der Waals surface area (Å²) in [6, 6.07) is 7.95. The van der Waals surface area contributed by atoms with Crippen LogP contribution in [0.2, 0.25) is 0 Å². The smallest absolute Gasteiger partial charge is 0.221 e. The molecule has 0 aliphatic carbocycles. The van der Waals surface area contributed by atoms with Gasteiger partial charge in [0.25, 0.3) is 0 Å². The first-order valence-electron chi connectivity index (χ1n) is 9.90. The Kier molecular flexibility index (Phi) is 9.50. The topological polar surface area (TPSA) is 105 Å². The molecule has 0 saturated carbocycles. The van der Waals surface area contributed by atoms with E-state index in [1.165, 1.54) is 6.92 Å². The number of halogens is 1. The van der Waals surface area contributed by atoms with E-state index < -0.39 is 0 Å². The van der Waals surface area contributed by atoms with Gasteiger partial charge in [0.1, 0.15) is 12.4 Å². The third-order valence-electron chi connectivity index (χ3n) is 4.53. The van der Waals surface area contributed by atoms with E-state index in [9.17, 15) is 4.79 Å². The maximum Gasteiger partial charge on any atom is 0.221 e. The minimum absolute atomic E-state index is 0. The maximum atomic E-state index is 11.2. The molecule has 0 fully saturated rings. The molecule has 1 amide bonds. The zero-order valence-electron chi connectivity index (χ0n) is 17.6. The van der Waals surface area contributed by atoms with Gasteiger partial charge in [0.05, 0.1) is 13.1 Å². The molecule has 1 aliphatic heterocycles. The zero-order chi connectivity index (χ0) is 20.6. The lowest BCUT2D eigenvalue weighted by molar-refractivity contribution is -0.114. The lowest BCUT2D eigenvalue weighted by Gasteiger charge is -2.25. The molecule has 10 heteroatoms. The van der Waals surface area contributed by atoms with Crippen LogP contribution in [0.15, 0.2) is 29.3 Å². The second-order valence-corrected chi connectivity index (χ2v) is 7.02. The molecule has 3 N–H and O–H groups in total. The van der Waals surface area contributed by atoms with Crippen molar-refractivity contribution in [2.45, 2.75) is 52.4 Å². The van der Waals surface area contributed by atoms with Gasteiger partial charge in [-0.1, -0.05) is 12.1 Å². The van der Waals surface area contributed by atoms with Crippen molar-refractivity contribution in [3.63, 3.8) is 0 Å². The number of aromatic nitrogens is 3. The van der Waals surface area contributed by atoms with Crippen molar-refractivity contribution in [3.8, 4) is 0 Å². The van der Waals surface area contributed by atoms with Crippen LogP contribution >= 0.6 is 24.0 Å². The summed E-state index contributed by atoms with van der Waals surface area (Å²) < 4.78 is 7.08. The second-order valence-electron chi connectivity index (χ2n) is 7.02. The van der Waals surface area contributed by atoms with Crippen LogP contribution in [0.3, 0.4) is 0 Å². The van der Waals surface area contributed by atoms with Gasteiger partial charge in [-0.2, -0.15) is 5.10 Å². The van der Waals surface area contributed by atoms with Crippen molar-refractivity contribution in [3.05, 3.63) is 41.5 Å². The van der Waals surface area contributed by atoms with E-state index in [1.54, 1.807) is 7.11 Å². The van der Waals surface area contributed by atoms with Crippen LogP contribution in [0.4, 0.5) is 5.69 Å². The molecule has 0 saturated heterocycles. The number of ether oxygens (including phenoxy) is 1. The van der Waals surface area contributed by atoms with E-state index in [4.69, 9.17) is 9.73 Å². The maximum absolute atomic E-state index is 11.2. The molecule has 1 unspecified atom stereocenters. The Morgan fingerprint density at radius 2 is 2.23 bits per heavy atom. The molecule has 0 radical (unpaired) electrons. The lowest BCUT2D eigenvalue weighted by Crippen LogP contribution is -2.47. The molecule has 1 aromatic heterocycles. The van der Waals surface area contributed by atoms with Crippen molar-refractivity contribution in [2.24, 2.45) is 4.99 Å². The Labute approximate surface area is 194 Å². The number of anilines is 1. The van der Waals surface area contributed by atoms with Crippen LogP contribution in [0.5, 0.6) is 0 Å². The van der Waals surface area contributed by atoms with Gasteiger partial charge in [0.15, 0.2) is 11.8 Å². The molecular weight excluding hydrogens is 497 g/mol. The Morgan fingerprint density at radius 1 is 1.40 bits per heavy atom. The van der Waals surface area contributed by atoms with Gasteiger partial charge in [0.2, 0.25) is 5.91 Å². The molecular formula is C20H30IN7O2. The van der Waals surface area contributed by atoms with E-state index in [0.717, 1.165) is 54.8 Å². The summed E-state index contributed by atoms with van der Waals surface area (Å²) in [6.45, 7) is 6.01. The molecule has 1 aliphatic rings. The standard InChI is InChI=1S/C20H29N7O2.HI/c1-4-21-20(22-11-15-6-5-7-16(10-15)23-14(2)28)24-17-8-9-19-25-18(13-29-3)26-27(19)12-17;/h5-7,10,17H,4,8-9,11-13H2,1-3H3,(H,23,28)(H2,21,22,24);1H. The fourth-order valence-corrected chi connectivity index (χ4v) is 3.30. The molecule has 0 spiro atoms. The predicted octanol–water partition coefficient (Wildman–Crippen LogP) is 2.07. The lowest BCUT2D eigenvalue weighted by atomic mass is 10.1. The zero-order valence-corrected chi connectivity index (χ0v) is 20.0. The highest BCUT2D eigenvalue weighted by atomic mass is 127. The summed E-state index contributed by atoms with van der Waals surface area (Å²) in [5.74, 6) is 2.41. The number of fused-ring (bicyclic) bond motifs is 1. The number of carbonyl (C=O) groups is 1. The van der Waals surface area contributed by atoms with Crippen molar-refractivity contribution in [1.82, 2.24) is 25.4 Å². The van der Waals surface area contributed by atoms with Crippen LogP contribution < -0.4 is 16.0 Å². The largest absolute Gasteiger partial charge is 0.377 e. The fraction of sp³-hybridized carbons (Fsp3) is 0.500. The van der Waals surface area contributed by atoms with Gasteiger partial charge in [-0.05, 0) is 31.0 Å². The van der Waals surface area contributed by atoms with Crippen LogP contribution in [-0.4, -0.2) is 46.3 Å². The van der Waals surface area contributed by atoms with Crippen molar-refractivity contribution >= 4 is 41.5 Å². The van der Waals surface area contributed by atoms with Crippen LogP contribution in [0, 0.1) is 0 Å². The number of nitrogens with one attached hydrogen (secondary N) is 3.